The third-order valence-corrected chi connectivity index (χ3v) is 5.66. The Morgan fingerprint density at radius 3 is 1.34 bits per heavy atom. The van der Waals surface area contributed by atoms with E-state index in [-0.39, 0.29) is 18.0 Å². The highest BCUT2D eigenvalue weighted by molar-refractivity contribution is 5.97. The molecule has 0 aromatic carbocycles. The van der Waals surface area contributed by atoms with Crippen LogP contribution in [0, 0.1) is 0 Å². The predicted octanol–water partition coefficient (Wildman–Crippen LogP) is 8.91. The van der Waals surface area contributed by atoms with Crippen LogP contribution in [0.25, 0.3) is 0 Å². The van der Waals surface area contributed by atoms with Crippen molar-refractivity contribution in [1.82, 2.24) is 0 Å². The van der Waals surface area contributed by atoms with Gasteiger partial charge in [0, 0.05) is 6.42 Å². The van der Waals surface area contributed by atoms with Gasteiger partial charge in [-0.15, -0.1) is 0 Å². The molecular weight excluding hydrogens is 356 g/mol. The first-order valence-electron chi connectivity index (χ1n) is 12.8. The zero-order valence-electron chi connectivity index (χ0n) is 19.8. The summed E-state index contributed by atoms with van der Waals surface area (Å²) in [7, 11) is 0. The van der Waals surface area contributed by atoms with Gasteiger partial charge < -0.3 is 0 Å². The maximum atomic E-state index is 11.4. The molecule has 0 radical (unpaired) electrons. The van der Waals surface area contributed by atoms with E-state index in [1.807, 2.05) is 0 Å². The minimum atomic E-state index is -0.00466. The number of hydrogen-bond acceptors (Lipinski definition) is 2. The van der Waals surface area contributed by atoms with E-state index in [1.165, 1.54) is 116 Å². The van der Waals surface area contributed by atoms with E-state index >= 15 is 0 Å². The van der Waals surface area contributed by atoms with Gasteiger partial charge >= 0.3 is 0 Å². The zero-order valence-corrected chi connectivity index (χ0v) is 19.8. The molecule has 0 aliphatic heterocycles. The fourth-order valence-electron chi connectivity index (χ4n) is 3.82. The van der Waals surface area contributed by atoms with Crippen LogP contribution >= 0.6 is 0 Å². The zero-order chi connectivity index (χ0) is 21.4. The SMILES string of the molecule is CCCCCCCCC=CCCCCCCCCCCCCCC(=O)CC(C)=O. The molecule has 0 N–H and O–H groups in total. The van der Waals surface area contributed by atoms with Crippen molar-refractivity contribution in [1.29, 1.82) is 0 Å². The van der Waals surface area contributed by atoms with Crippen molar-refractivity contribution in [2.24, 2.45) is 0 Å². The van der Waals surface area contributed by atoms with E-state index in [2.05, 4.69) is 19.1 Å². The van der Waals surface area contributed by atoms with Crippen LogP contribution < -0.4 is 0 Å². The molecule has 0 bridgehead atoms. The predicted molar refractivity (Wildman–Crippen MR) is 127 cm³/mol. The number of rotatable bonds is 23. The average Bonchev–Trinajstić information content (AvgIpc) is 2.68. The summed E-state index contributed by atoms with van der Waals surface area (Å²) in [5.41, 5.74) is 0. The fraction of sp³-hybridized carbons (Fsp3) is 0.852. The van der Waals surface area contributed by atoms with Crippen molar-refractivity contribution in [2.45, 2.75) is 149 Å². The van der Waals surface area contributed by atoms with Crippen molar-refractivity contribution >= 4 is 11.6 Å². The van der Waals surface area contributed by atoms with Gasteiger partial charge in [-0.2, -0.15) is 0 Å². The molecule has 2 heteroatoms. The number of carbonyl (C=O) groups excluding carboxylic acids is 2. The van der Waals surface area contributed by atoms with Crippen molar-refractivity contribution in [3.8, 4) is 0 Å². The third kappa shape index (κ3) is 25.0. The van der Waals surface area contributed by atoms with E-state index in [0.717, 1.165) is 12.8 Å². The smallest absolute Gasteiger partial charge is 0.140 e. The Morgan fingerprint density at radius 2 is 0.931 bits per heavy atom. The molecule has 0 saturated heterocycles. The molecular formula is C27H50O2. The molecule has 0 rings (SSSR count). The maximum Gasteiger partial charge on any atom is 0.140 e. The van der Waals surface area contributed by atoms with Crippen LogP contribution in [0.5, 0.6) is 0 Å². The number of hydrogen-bond donors (Lipinski definition) is 0. The number of carbonyl (C=O) groups is 2. The monoisotopic (exact) mass is 406 g/mol. The molecule has 170 valence electrons. The van der Waals surface area contributed by atoms with Crippen LogP contribution in [0.2, 0.25) is 0 Å². The Bertz CT molecular complexity index is 397. The lowest BCUT2D eigenvalue weighted by molar-refractivity contribution is -0.125. The van der Waals surface area contributed by atoms with Crippen molar-refractivity contribution in [2.75, 3.05) is 0 Å². The molecule has 0 saturated carbocycles. The minimum Gasteiger partial charge on any atom is -0.300 e. The minimum absolute atomic E-state index is 0.00466. The van der Waals surface area contributed by atoms with Crippen LogP contribution in [0.3, 0.4) is 0 Å². The molecule has 0 atom stereocenters. The number of unbranched alkanes of at least 4 members (excludes halogenated alkanes) is 17. The van der Waals surface area contributed by atoms with E-state index in [1.54, 1.807) is 0 Å². The quantitative estimate of drug-likeness (QED) is 0.0964. The van der Waals surface area contributed by atoms with E-state index in [4.69, 9.17) is 0 Å². The number of ketones is 2. The summed E-state index contributed by atoms with van der Waals surface area (Å²) in [5, 5.41) is 0. The molecule has 0 aromatic heterocycles. The topological polar surface area (TPSA) is 34.1 Å². The second-order valence-electron chi connectivity index (χ2n) is 8.87. The van der Waals surface area contributed by atoms with E-state index in [9.17, 15) is 9.59 Å². The molecule has 0 amide bonds. The lowest BCUT2D eigenvalue weighted by atomic mass is 10.0. The van der Waals surface area contributed by atoms with Crippen LogP contribution in [0.15, 0.2) is 12.2 Å². The van der Waals surface area contributed by atoms with Crippen LogP contribution in [0.1, 0.15) is 149 Å². The first kappa shape index (κ1) is 28.1. The molecule has 0 spiro atoms. The van der Waals surface area contributed by atoms with Gasteiger partial charge in [-0.3, -0.25) is 9.59 Å². The molecule has 0 aliphatic rings. The second kappa shape index (κ2) is 23.4. The Morgan fingerprint density at radius 1 is 0.552 bits per heavy atom. The van der Waals surface area contributed by atoms with E-state index < -0.39 is 0 Å². The van der Waals surface area contributed by atoms with Gasteiger partial charge in [0.1, 0.15) is 11.6 Å². The summed E-state index contributed by atoms with van der Waals surface area (Å²) in [6.45, 7) is 3.77. The molecule has 2 nitrogen and oxygen atoms in total. The average molecular weight is 407 g/mol. The van der Waals surface area contributed by atoms with Gasteiger partial charge in [-0.25, -0.2) is 0 Å². The number of allylic oxidation sites excluding steroid dienone is 2. The van der Waals surface area contributed by atoms with Crippen molar-refractivity contribution in [3.05, 3.63) is 12.2 Å². The van der Waals surface area contributed by atoms with Gasteiger partial charge in [-0.05, 0) is 39.0 Å². The van der Waals surface area contributed by atoms with Gasteiger partial charge in [-0.1, -0.05) is 109 Å². The first-order valence-corrected chi connectivity index (χ1v) is 12.8. The summed E-state index contributed by atoms with van der Waals surface area (Å²) < 4.78 is 0. The standard InChI is InChI=1S/C27H50O2/c1-3-4-5-6-7-8-9-10-11-12-13-14-15-16-17-18-19-20-21-22-23-24-27(29)25-26(2)28/h10-11H,3-9,12-25H2,1-2H3. The Balaban J connectivity index is 3.14. The van der Waals surface area contributed by atoms with E-state index in [0.29, 0.717) is 6.42 Å². The highest BCUT2D eigenvalue weighted by atomic mass is 16.1. The maximum absolute atomic E-state index is 11.4. The summed E-state index contributed by atoms with van der Waals surface area (Å²) in [6, 6.07) is 0. The third-order valence-electron chi connectivity index (χ3n) is 5.66. The lowest BCUT2D eigenvalue weighted by Gasteiger charge is -2.03. The second-order valence-corrected chi connectivity index (χ2v) is 8.87. The normalized spacial score (nSPS) is 11.4. The van der Waals surface area contributed by atoms with Gasteiger partial charge in [0.25, 0.3) is 0 Å². The molecule has 0 aromatic rings. The summed E-state index contributed by atoms with van der Waals surface area (Å²) in [4.78, 5) is 22.3. The molecule has 29 heavy (non-hydrogen) atoms. The van der Waals surface area contributed by atoms with Crippen LogP contribution in [-0.4, -0.2) is 11.6 Å². The van der Waals surface area contributed by atoms with Gasteiger partial charge in [0.15, 0.2) is 0 Å². The molecule has 0 unspecified atom stereocenters. The Kier molecular flexibility index (Phi) is 22.6. The van der Waals surface area contributed by atoms with Crippen molar-refractivity contribution < 1.29 is 9.59 Å². The molecule has 0 aliphatic carbocycles. The highest BCUT2D eigenvalue weighted by Crippen LogP contribution is 2.13. The van der Waals surface area contributed by atoms with Crippen molar-refractivity contribution in [3.63, 3.8) is 0 Å². The van der Waals surface area contributed by atoms with Gasteiger partial charge in [0.2, 0.25) is 0 Å². The fourth-order valence-corrected chi connectivity index (χ4v) is 3.82. The summed E-state index contributed by atoms with van der Waals surface area (Å²) in [5.74, 6) is 0.112. The summed E-state index contributed by atoms with van der Waals surface area (Å²) >= 11 is 0. The highest BCUT2D eigenvalue weighted by Gasteiger charge is 2.04. The number of Topliss-reactive ketones (excluding diaryl/α,β-unsaturated/α-hetero) is 2. The van der Waals surface area contributed by atoms with Crippen LogP contribution in [0.4, 0.5) is 0 Å². The summed E-state index contributed by atoms with van der Waals surface area (Å²) in [6.07, 6.45) is 30.7. The lowest BCUT2D eigenvalue weighted by Crippen LogP contribution is -2.03. The van der Waals surface area contributed by atoms with Gasteiger partial charge in [0.05, 0.1) is 6.42 Å². The molecule has 0 heterocycles. The first-order chi connectivity index (χ1) is 14.2. The largest absolute Gasteiger partial charge is 0.300 e. The Labute approximate surface area is 182 Å². The Hall–Kier alpha value is -0.920. The molecule has 0 fully saturated rings. The van der Waals surface area contributed by atoms with Crippen LogP contribution in [-0.2, 0) is 9.59 Å².